The Morgan fingerprint density at radius 1 is 1.18 bits per heavy atom. The normalized spacial score (nSPS) is 15.7. The predicted molar refractivity (Wildman–Crippen MR) is 88.6 cm³/mol. The van der Waals surface area contributed by atoms with E-state index < -0.39 is 10.0 Å². The van der Waals surface area contributed by atoms with E-state index in [1.165, 1.54) is 18.4 Å². The molecule has 0 bridgehead atoms. The van der Waals surface area contributed by atoms with E-state index >= 15 is 0 Å². The van der Waals surface area contributed by atoms with Gasteiger partial charge in [0.1, 0.15) is 5.75 Å². The minimum atomic E-state index is -3.44. The highest BCUT2D eigenvalue weighted by Gasteiger charge is 2.14. The minimum absolute atomic E-state index is 0.0735. The van der Waals surface area contributed by atoms with E-state index in [2.05, 4.69) is 10.8 Å². The van der Waals surface area contributed by atoms with Crippen LogP contribution in [-0.4, -0.2) is 21.1 Å². The largest absolute Gasteiger partial charge is 0.491 e. The van der Waals surface area contributed by atoms with E-state index in [1.807, 2.05) is 13.8 Å². The molecule has 22 heavy (non-hydrogen) atoms. The molecule has 1 aromatic rings. The van der Waals surface area contributed by atoms with Crippen LogP contribution in [0.15, 0.2) is 40.8 Å². The maximum atomic E-state index is 12.2. The Kier molecular flexibility index (Phi) is 6.03. The third kappa shape index (κ3) is 5.14. The fourth-order valence-corrected chi connectivity index (χ4v) is 3.56. The molecule has 5 heteroatoms. The van der Waals surface area contributed by atoms with Gasteiger partial charge in [-0.05, 0) is 70.2 Å². The highest BCUT2D eigenvalue weighted by Crippen LogP contribution is 2.20. The van der Waals surface area contributed by atoms with Gasteiger partial charge in [-0.1, -0.05) is 11.6 Å². The Bertz CT molecular complexity index is 603. The van der Waals surface area contributed by atoms with Crippen LogP contribution >= 0.6 is 0 Å². The van der Waals surface area contributed by atoms with Crippen molar-refractivity contribution in [3.8, 4) is 5.75 Å². The molecule has 1 aromatic carbocycles. The highest BCUT2D eigenvalue weighted by molar-refractivity contribution is 7.89. The molecule has 0 fully saturated rings. The molecule has 1 aliphatic rings. The van der Waals surface area contributed by atoms with Gasteiger partial charge in [-0.3, -0.25) is 0 Å². The van der Waals surface area contributed by atoms with Crippen LogP contribution in [-0.2, 0) is 10.0 Å². The minimum Gasteiger partial charge on any atom is -0.491 e. The van der Waals surface area contributed by atoms with Crippen LogP contribution in [0.4, 0.5) is 0 Å². The number of sulfonamides is 1. The molecule has 0 spiro atoms. The number of hydrogen-bond donors (Lipinski definition) is 1. The van der Waals surface area contributed by atoms with Crippen LogP contribution < -0.4 is 9.46 Å². The molecular weight excluding hydrogens is 298 g/mol. The topological polar surface area (TPSA) is 55.4 Å². The molecular formula is C17H25NO3S. The second-order valence-electron chi connectivity index (χ2n) is 5.89. The second-order valence-corrected chi connectivity index (χ2v) is 7.66. The second kappa shape index (κ2) is 7.79. The molecule has 0 amide bonds. The van der Waals surface area contributed by atoms with Gasteiger partial charge in [0.15, 0.2) is 0 Å². The maximum absolute atomic E-state index is 12.2. The molecule has 4 nitrogen and oxygen atoms in total. The van der Waals surface area contributed by atoms with Crippen molar-refractivity contribution in [1.29, 1.82) is 0 Å². The summed E-state index contributed by atoms with van der Waals surface area (Å²) in [6.45, 7) is 4.33. The van der Waals surface area contributed by atoms with E-state index in [9.17, 15) is 8.42 Å². The summed E-state index contributed by atoms with van der Waals surface area (Å²) < 4.78 is 32.7. The van der Waals surface area contributed by atoms with Crippen LogP contribution in [0.5, 0.6) is 5.75 Å². The van der Waals surface area contributed by atoms with Gasteiger partial charge < -0.3 is 4.74 Å². The Hall–Kier alpha value is -1.33. The number of hydrogen-bond acceptors (Lipinski definition) is 3. The summed E-state index contributed by atoms with van der Waals surface area (Å²) in [4.78, 5) is 0.279. The van der Waals surface area contributed by atoms with Gasteiger partial charge in [0.2, 0.25) is 10.0 Å². The van der Waals surface area contributed by atoms with Crippen molar-refractivity contribution in [2.45, 2.75) is 57.0 Å². The standard InChI is InChI=1S/C17H25NO3S/c1-14(2)21-16-8-10-17(11-9-16)22(19,20)18-13-12-15-6-4-3-5-7-15/h6,8-11,14,18H,3-5,7,12-13H2,1-2H3. The summed E-state index contributed by atoms with van der Waals surface area (Å²) >= 11 is 0. The van der Waals surface area contributed by atoms with Gasteiger partial charge >= 0.3 is 0 Å². The van der Waals surface area contributed by atoms with Gasteiger partial charge in [0, 0.05) is 6.54 Å². The fourth-order valence-electron chi connectivity index (χ4n) is 2.53. The van der Waals surface area contributed by atoms with Gasteiger partial charge in [0.25, 0.3) is 0 Å². The summed E-state index contributed by atoms with van der Waals surface area (Å²) in [7, 11) is -3.44. The first kappa shape index (κ1) is 17.0. The number of benzene rings is 1. The Balaban J connectivity index is 1.90. The molecule has 122 valence electrons. The Morgan fingerprint density at radius 2 is 1.91 bits per heavy atom. The molecule has 0 atom stereocenters. The summed E-state index contributed by atoms with van der Waals surface area (Å²) in [5.74, 6) is 0.682. The smallest absolute Gasteiger partial charge is 0.240 e. The average Bonchev–Trinajstić information content (AvgIpc) is 2.48. The summed E-state index contributed by atoms with van der Waals surface area (Å²) in [6, 6.07) is 6.55. The molecule has 1 N–H and O–H groups in total. The summed E-state index contributed by atoms with van der Waals surface area (Å²) in [6.07, 6.45) is 7.81. The Morgan fingerprint density at radius 3 is 2.50 bits per heavy atom. The molecule has 0 aromatic heterocycles. The third-order valence-electron chi connectivity index (χ3n) is 3.63. The van der Waals surface area contributed by atoms with Crippen molar-refractivity contribution < 1.29 is 13.2 Å². The molecule has 0 unspecified atom stereocenters. The molecule has 1 aliphatic carbocycles. The van der Waals surface area contributed by atoms with Gasteiger partial charge in [-0.25, -0.2) is 13.1 Å². The zero-order valence-electron chi connectivity index (χ0n) is 13.3. The summed E-state index contributed by atoms with van der Waals surface area (Å²) in [5.41, 5.74) is 1.37. The Labute approximate surface area is 133 Å². The third-order valence-corrected chi connectivity index (χ3v) is 5.11. The molecule has 0 aliphatic heterocycles. The molecule has 0 heterocycles. The van der Waals surface area contributed by atoms with Gasteiger partial charge in [0.05, 0.1) is 11.0 Å². The lowest BCUT2D eigenvalue weighted by atomic mass is 9.97. The van der Waals surface area contributed by atoms with Gasteiger partial charge in [-0.2, -0.15) is 0 Å². The van der Waals surface area contributed by atoms with E-state index in [1.54, 1.807) is 24.3 Å². The molecule has 2 rings (SSSR count). The van der Waals surface area contributed by atoms with E-state index in [0.717, 1.165) is 19.3 Å². The lowest BCUT2D eigenvalue weighted by molar-refractivity contribution is 0.242. The number of ether oxygens (including phenoxy) is 1. The first-order valence-corrected chi connectivity index (χ1v) is 9.40. The van der Waals surface area contributed by atoms with Crippen LogP contribution in [0.3, 0.4) is 0 Å². The quantitative estimate of drug-likeness (QED) is 0.779. The van der Waals surface area contributed by atoms with E-state index in [-0.39, 0.29) is 11.0 Å². The first-order chi connectivity index (χ1) is 10.5. The fraction of sp³-hybridized carbons (Fsp3) is 0.529. The van der Waals surface area contributed by atoms with Crippen LogP contribution in [0.2, 0.25) is 0 Å². The van der Waals surface area contributed by atoms with Crippen molar-refractivity contribution >= 4 is 10.0 Å². The van der Waals surface area contributed by atoms with Crippen molar-refractivity contribution in [3.63, 3.8) is 0 Å². The monoisotopic (exact) mass is 323 g/mol. The SMILES string of the molecule is CC(C)Oc1ccc(S(=O)(=O)NCCC2=CCCCC2)cc1. The first-order valence-electron chi connectivity index (χ1n) is 7.92. The predicted octanol–water partition coefficient (Wildman–Crippen LogP) is 3.64. The van der Waals surface area contributed by atoms with Crippen molar-refractivity contribution in [2.75, 3.05) is 6.54 Å². The lowest BCUT2D eigenvalue weighted by Crippen LogP contribution is -2.25. The molecule has 0 radical (unpaired) electrons. The van der Waals surface area contributed by atoms with Crippen molar-refractivity contribution in [1.82, 2.24) is 4.72 Å². The lowest BCUT2D eigenvalue weighted by Gasteiger charge is -2.13. The van der Waals surface area contributed by atoms with Crippen molar-refractivity contribution in [2.24, 2.45) is 0 Å². The zero-order valence-corrected chi connectivity index (χ0v) is 14.2. The summed E-state index contributed by atoms with van der Waals surface area (Å²) in [5, 5.41) is 0. The van der Waals surface area contributed by atoms with Crippen LogP contribution in [0.1, 0.15) is 46.0 Å². The van der Waals surface area contributed by atoms with E-state index in [4.69, 9.17) is 4.74 Å². The highest BCUT2D eigenvalue weighted by atomic mass is 32.2. The average molecular weight is 323 g/mol. The molecule has 0 saturated heterocycles. The van der Waals surface area contributed by atoms with E-state index in [0.29, 0.717) is 12.3 Å². The van der Waals surface area contributed by atoms with Gasteiger partial charge in [-0.15, -0.1) is 0 Å². The van der Waals surface area contributed by atoms with Crippen molar-refractivity contribution in [3.05, 3.63) is 35.9 Å². The molecule has 0 saturated carbocycles. The van der Waals surface area contributed by atoms with Crippen LogP contribution in [0, 0.1) is 0 Å². The zero-order chi connectivity index (χ0) is 16.0. The number of allylic oxidation sites excluding steroid dienone is 1. The number of rotatable bonds is 7. The number of nitrogens with one attached hydrogen (secondary N) is 1. The maximum Gasteiger partial charge on any atom is 0.240 e. The van der Waals surface area contributed by atoms with Crippen LogP contribution in [0.25, 0.3) is 0 Å².